The molecule has 174 valence electrons. The lowest BCUT2D eigenvalue weighted by Gasteiger charge is -2.37. The van der Waals surface area contributed by atoms with Gasteiger partial charge in [-0.15, -0.1) is 0 Å². The quantitative estimate of drug-likeness (QED) is 0.585. The maximum atomic E-state index is 13.1. The molecule has 3 aliphatic rings. The van der Waals surface area contributed by atoms with Gasteiger partial charge < -0.3 is 19.2 Å². The van der Waals surface area contributed by atoms with Crippen molar-refractivity contribution in [3.05, 3.63) is 60.5 Å². The number of amides is 2. The topological polar surface area (TPSA) is 82.8 Å². The van der Waals surface area contributed by atoms with Crippen molar-refractivity contribution in [3.8, 4) is 11.4 Å². The second-order valence-electron chi connectivity index (χ2n) is 9.33. The number of carbonyl (C=O) groups excluding carboxylic acids is 2. The van der Waals surface area contributed by atoms with Crippen LogP contribution in [-0.4, -0.2) is 59.6 Å². The molecule has 8 nitrogen and oxygen atoms in total. The fourth-order valence-corrected chi connectivity index (χ4v) is 4.84. The van der Waals surface area contributed by atoms with Crippen molar-refractivity contribution in [1.29, 1.82) is 0 Å². The van der Waals surface area contributed by atoms with Crippen molar-refractivity contribution in [3.63, 3.8) is 0 Å². The summed E-state index contributed by atoms with van der Waals surface area (Å²) in [4.78, 5) is 36.1. The van der Waals surface area contributed by atoms with Gasteiger partial charge in [-0.25, -0.2) is 0 Å². The van der Waals surface area contributed by atoms with Crippen LogP contribution in [0.5, 0.6) is 0 Å². The smallest absolute Gasteiger partial charge is 0.230 e. The maximum absolute atomic E-state index is 13.1. The summed E-state index contributed by atoms with van der Waals surface area (Å²) in [6.45, 7) is 3.31. The summed E-state index contributed by atoms with van der Waals surface area (Å²) >= 11 is 0. The highest BCUT2D eigenvalue weighted by atomic mass is 16.5. The summed E-state index contributed by atoms with van der Waals surface area (Å²) < 4.78 is 5.37. The summed E-state index contributed by atoms with van der Waals surface area (Å²) in [7, 11) is 0. The van der Waals surface area contributed by atoms with Crippen molar-refractivity contribution in [2.75, 3.05) is 42.5 Å². The number of carbonyl (C=O) groups is 2. The van der Waals surface area contributed by atoms with E-state index in [4.69, 9.17) is 4.52 Å². The van der Waals surface area contributed by atoms with Crippen LogP contribution in [0, 0.1) is 5.92 Å². The van der Waals surface area contributed by atoms with Gasteiger partial charge in [-0.2, -0.15) is 4.98 Å². The fraction of sp³-hybridized carbons (Fsp3) is 0.385. The van der Waals surface area contributed by atoms with E-state index >= 15 is 0 Å². The Kier molecular flexibility index (Phi) is 5.28. The molecule has 8 heteroatoms. The minimum atomic E-state index is -0.269. The van der Waals surface area contributed by atoms with Gasteiger partial charge in [-0.3, -0.25) is 9.59 Å². The van der Waals surface area contributed by atoms with E-state index in [1.54, 1.807) is 4.90 Å². The van der Waals surface area contributed by atoms with Gasteiger partial charge in [0.2, 0.25) is 23.5 Å². The predicted octanol–water partition coefficient (Wildman–Crippen LogP) is 3.32. The average molecular weight is 458 g/mol. The molecule has 0 spiro atoms. The number of hydrogen-bond acceptors (Lipinski definition) is 6. The number of hydrogen-bond donors (Lipinski definition) is 0. The highest BCUT2D eigenvalue weighted by Gasteiger charge is 2.38. The zero-order chi connectivity index (χ0) is 23.1. The van der Waals surface area contributed by atoms with E-state index in [1.165, 1.54) is 0 Å². The number of benzene rings is 2. The van der Waals surface area contributed by atoms with Gasteiger partial charge in [0.25, 0.3) is 0 Å². The third-order valence-corrected chi connectivity index (χ3v) is 6.99. The van der Waals surface area contributed by atoms with Crippen molar-refractivity contribution in [1.82, 2.24) is 15.0 Å². The SMILES string of the molecule is O=C([C@@H]1CC(=O)N(c2ccccc2)C1)N1CCN(c2ccc(-c3noc(C4CC4)n3)cc2)CC1. The molecular weight excluding hydrogens is 430 g/mol. The Balaban J connectivity index is 1.05. The number of piperazine rings is 1. The summed E-state index contributed by atoms with van der Waals surface area (Å²) in [5.41, 5.74) is 2.93. The van der Waals surface area contributed by atoms with Gasteiger partial charge in [0.05, 0.1) is 5.92 Å². The second-order valence-corrected chi connectivity index (χ2v) is 9.33. The van der Waals surface area contributed by atoms with E-state index in [9.17, 15) is 9.59 Å². The Hall–Kier alpha value is -3.68. The van der Waals surface area contributed by atoms with Gasteiger partial charge in [-0.1, -0.05) is 23.4 Å². The second kappa shape index (κ2) is 8.59. The third kappa shape index (κ3) is 4.04. The molecule has 2 amide bonds. The molecule has 3 fully saturated rings. The average Bonchev–Trinajstić information content (AvgIpc) is 3.49. The van der Waals surface area contributed by atoms with Gasteiger partial charge in [0, 0.05) is 62.0 Å². The van der Waals surface area contributed by atoms with Gasteiger partial charge >= 0.3 is 0 Å². The van der Waals surface area contributed by atoms with E-state index in [0.29, 0.717) is 31.4 Å². The van der Waals surface area contributed by atoms with Gasteiger partial charge in [-0.05, 0) is 49.2 Å². The first-order chi connectivity index (χ1) is 16.7. The number of nitrogens with zero attached hydrogens (tertiary/aromatic N) is 5. The standard InChI is InChI=1S/C26H27N5O3/c32-23-16-20(17-31(23)22-4-2-1-3-5-22)26(33)30-14-12-29(13-15-30)21-10-8-18(9-11-21)24-27-25(34-28-24)19-6-7-19/h1-5,8-11,19-20H,6-7,12-17H2/t20-/m1/s1. The molecule has 0 radical (unpaired) electrons. The molecule has 2 aliphatic heterocycles. The van der Waals surface area contributed by atoms with Crippen LogP contribution in [0.4, 0.5) is 11.4 Å². The van der Waals surface area contributed by atoms with E-state index in [0.717, 1.165) is 48.8 Å². The summed E-state index contributed by atoms with van der Waals surface area (Å²) in [6, 6.07) is 17.8. The molecule has 34 heavy (non-hydrogen) atoms. The summed E-state index contributed by atoms with van der Waals surface area (Å²) in [5.74, 6) is 1.67. The van der Waals surface area contributed by atoms with Crippen LogP contribution in [0.1, 0.15) is 31.1 Å². The minimum Gasteiger partial charge on any atom is -0.368 e. The van der Waals surface area contributed by atoms with Crippen LogP contribution in [0.25, 0.3) is 11.4 Å². The molecule has 2 saturated heterocycles. The van der Waals surface area contributed by atoms with Gasteiger partial charge in [0.15, 0.2) is 0 Å². The molecule has 6 rings (SSSR count). The van der Waals surface area contributed by atoms with Crippen LogP contribution in [0.3, 0.4) is 0 Å². The molecule has 0 bridgehead atoms. The Morgan fingerprint density at radius 1 is 0.912 bits per heavy atom. The zero-order valence-corrected chi connectivity index (χ0v) is 19.0. The number of anilines is 2. The van der Waals surface area contributed by atoms with Crippen LogP contribution >= 0.6 is 0 Å². The van der Waals surface area contributed by atoms with Gasteiger partial charge in [0.1, 0.15) is 0 Å². The third-order valence-electron chi connectivity index (χ3n) is 6.99. The Morgan fingerprint density at radius 3 is 2.35 bits per heavy atom. The molecular formula is C26H27N5O3. The molecule has 0 N–H and O–H groups in total. The number of para-hydroxylation sites is 1. The molecule has 1 aliphatic carbocycles. The number of aromatic nitrogens is 2. The lowest BCUT2D eigenvalue weighted by Crippen LogP contribution is -2.50. The van der Waals surface area contributed by atoms with Crippen LogP contribution in [0.2, 0.25) is 0 Å². The Labute approximate surface area is 198 Å². The van der Waals surface area contributed by atoms with Crippen molar-refractivity contribution < 1.29 is 14.1 Å². The molecule has 1 saturated carbocycles. The van der Waals surface area contributed by atoms with Crippen LogP contribution in [-0.2, 0) is 9.59 Å². The first-order valence-electron chi connectivity index (χ1n) is 12.0. The largest absolute Gasteiger partial charge is 0.368 e. The van der Waals surface area contributed by atoms with Crippen LogP contribution < -0.4 is 9.80 Å². The highest BCUT2D eigenvalue weighted by molar-refractivity contribution is 6.00. The number of rotatable bonds is 5. The lowest BCUT2D eigenvalue weighted by atomic mass is 10.1. The summed E-state index contributed by atoms with van der Waals surface area (Å²) in [6.07, 6.45) is 2.56. The first-order valence-corrected chi connectivity index (χ1v) is 12.0. The van der Waals surface area contributed by atoms with E-state index in [-0.39, 0.29) is 24.2 Å². The highest BCUT2D eigenvalue weighted by Crippen LogP contribution is 2.39. The Bertz CT molecular complexity index is 1180. The van der Waals surface area contributed by atoms with E-state index < -0.39 is 0 Å². The maximum Gasteiger partial charge on any atom is 0.230 e. The van der Waals surface area contributed by atoms with E-state index in [1.807, 2.05) is 47.4 Å². The summed E-state index contributed by atoms with van der Waals surface area (Å²) in [5, 5.41) is 4.12. The van der Waals surface area contributed by atoms with Crippen LogP contribution in [0.15, 0.2) is 59.1 Å². The Morgan fingerprint density at radius 2 is 1.65 bits per heavy atom. The lowest BCUT2D eigenvalue weighted by molar-refractivity contribution is -0.136. The molecule has 3 heterocycles. The monoisotopic (exact) mass is 457 g/mol. The predicted molar refractivity (Wildman–Crippen MR) is 127 cm³/mol. The molecule has 2 aromatic carbocycles. The first kappa shape index (κ1) is 20.9. The minimum absolute atomic E-state index is 0.0223. The zero-order valence-electron chi connectivity index (χ0n) is 19.0. The molecule has 1 atom stereocenters. The fourth-order valence-electron chi connectivity index (χ4n) is 4.84. The van der Waals surface area contributed by atoms with Crippen molar-refractivity contribution >= 4 is 23.2 Å². The normalized spacial score (nSPS) is 20.8. The van der Waals surface area contributed by atoms with E-state index in [2.05, 4.69) is 27.2 Å². The van der Waals surface area contributed by atoms with Crippen molar-refractivity contribution in [2.24, 2.45) is 5.92 Å². The molecule has 1 aromatic heterocycles. The molecule has 0 unspecified atom stereocenters. The van der Waals surface area contributed by atoms with Crippen molar-refractivity contribution in [2.45, 2.75) is 25.2 Å². The molecule has 3 aromatic rings.